The molecule has 8 nitrogen and oxygen atoms in total. The normalized spacial score (nSPS) is 16.3. The molecule has 1 unspecified atom stereocenters. The molecule has 0 aliphatic carbocycles. The number of methoxy groups -OCH3 is 3. The molecular weight excluding hydrogens is 470 g/mol. The molecule has 0 spiro atoms. The van der Waals surface area contributed by atoms with Crippen molar-refractivity contribution in [2.45, 2.75) is 38.8 Å². The molecule has 4 rings (SSSR count). The molecule has 37 heavy (non-hydrogen) atoms. The van der Waals surface area contributed by atoms with Gasteiger partial charge in [0.25, 0.3) is 11.5 Å². The predicted molar refractivity (Wildman–Crippen MR) is 145 cm³/mol. The lowest BCUT2D eigenvalue weighted by atomic mass is 10.00. The number of aromatic nitrogens is 1. The lowest BCUT2D eigenvalue weighted by molar-refractivity contribution is 0.0547. The molecule has 0 saturated carbocycles. The summed E-state index contributed by atoms with van der Waals surface area (Å²) in [6.07, 6.45) is 3.32. The fraction of sp³-hybridized carbons (Fsp3) is 0.448. The summed E-state index contributed by atoms with van der Waals surface area (Å²) in [5.74, 6) is 1.64. The third-order valence-corrected chi connectivity index (χ3v) is 7.53. The van der Waals surface area contributed by atoms with Gasteiger partial charge in [-0.3, -0.25) is 14.5 Å². The minimum absolute atomic E-state index is 0.00596. The topological polar surface area (TPSA) is 73.2 Å². The van der Waals surface area contributed by atoms with Gasteiger partial charge in [-0.15, -0.1) is 0 Å². The van der Waals surface area contributed by atoms with Crippen molar-refractivity contribution in [3.63, 3.8) is 0 Å². The van der Waals surface area contributed by atoms with Crippen LogP contribution in [-0.4, -0.2) is 68.3 Å². The Labute approximate surface area is 218 Å². The molecule has 1 saturated heterocycles. The Morgan fingerprint density at radius 3 is 2.27 bits per heavy atom. The second-order valence-corrected chi connectivity index (χ2v) is 9.50. The van der Waals surface area contributed by atoms with Gasteiger partial charge in [-0.1, -0.05) is 26.0 Å². The fourth-order valence-electron chi connectivity index (χ4n) is 5.25. The van der Waals surface area contributed by atoms with Crippen LogP contribution in [0.4, 0.5) is 0 Å². The van der Waals surface area contributed by atoms with Gasteiger partial charge in [0.1, 0.15) is 5.75 Å². The summed E-state index contributed by atoms with van der Waals surface area (Å²) in [6, 6.07) is 11.4. The summed E-state index contributed by atoms with van der Waals surface area (Å²) in [7, 11) is 6.82. The van der Waals surface area contributed by atoms with Crippen LogP contribution in [0.1, 0.15) is 54.7 Å². The van der Waals surface area contributed by atoms with Crippen molar-refractivity contribution in [2.75, 3.05) is 48.0 Å². The van der Waals surface area contributed by atoms with Crippen molar-refractivity contribution in [1.29, 1.82) is 0 Å². The van der Waals surface area contributed by atoms with E-state index in [0.29, 0.717) is 40.9 Å². The van der Waals surface area contributed by atoms with Gasteiger partial charge in [0.15, 0.2) is 11.5 Å². The first-order valence-electron chi connectivity index (χ1n) is 12.8. The number of amides is 1. The molecular formula is C29H37N3O5. The van der Waals surface area contributed by atoms with Gasteiger partial charge >= 0.3 is 0 Å². The van der Waals surface area contributed by atoms with Crippen LogP contribution in [0.5, 0.6) is 17.2 Å². The minimum Gasteiger partial charge on any atom is -0.497 e. The van der Waals surface area contributed by atoms with E-state index in [1.807, 2.05) is 23.1 Å². The SMILES string of the molecule is CCC(CC)n1cc(C(=O)N2CCN(C)C(c3cccc(OC)c3)C2)c2cc(OC)c(OC)cc2c1=O. The number of piperazine rings is 1. The van der Waals surface area contributed by atoms with Crippen LogP contribution in [0.3, 0.4) is 0 Å². The minimum atomic E-state index is -0.131. The van der Waals surface area contributed by atoms with Gasteiger partial charge in [-0.05, 0) is 49.7 Å². The smallest absolute Gasteiger partial charge is 0.258 e. The van der Waals surface area contributed by atoms with Crippen LogP contribution in [0.15, 0.2) is 47.4 Å². The number of rotatable bonds is 8. The summed E-state index contributed by atoms with van der Waals surface area (Å²) in [5, 5.41) is 1.03. The number of carbonyl (C=O) groups is 1. The van der Waals surface area contributed by atoms with E-state index in [2.05, 4.69) is 31.9 Å². The number of benzene rings is 2. The average Bonchev–Trinajstić information content (AvgIpc) is 2.94. The molecule has 0 radical (unpaired) electrons. The van der Waals surface area contributed by atoms with Crippen LogP contribution in [0.25, 0.3) is 10.8 Å². The van der Waals surface area contributed by atoms with E-state index in [9.17, 15) is 9.59 Å². The highest BCUT2D eigenvalue weighted by atomic mass is 16.5. The Kier molecular flexibility index (Phi) is 8.07. The monoisotopic (exact) mass is 507 g/mol. The molecule has 0 N–H and O–H groups in total. The zero-order chi connectivity index (χ0) is 26.7. The molecule has 0 bridgehead atoms. The lowest BCUT2D eigenvalue weighted by Crippen LogP contribution is -2.49. The molecule has 1 aliphatic rings. The average molecular weight is 508 g/mol. The van der Waals surface area contributed by atoms with E-state index >= 15 is 0 Å². The first-order chi connectivity index (χ1) is 17.9. The molecule has 3 aromatic rings. The Morgan fingerprint density at radius 1 is 0.973 bits per heavy atom. The third kappa shape index (κ3) is 5.03. The summed E-state index contributed by atoms with van der Waals surface area (Å²) in [4.78, 5) is 31.8. The van der Waals surface area contributed by atoms with E-state index < -0.39 is 0 Å². The molecule has 1 fully saturated rings. The van der Waals surface area contributed by atoms with E-state index in [-0.39, 0.29) is 23.6 Å². The maximum atomic E-state index is 14.1. The summed E-state index contributed by atoms with van der Waals surface area (Å²) < 4.78 is 18.1. The standard InChI is InChI=1S/C29H37N3O5/c1-7-20(8-2)32-17-24(22-15-26(36-5)27(37-6)16-23(22)29(32)34)28(33)31-13-12-30(3)25(18-31)19-10-9-11-21(14-19)35-4/h9-11,14-17,20,25H,7-8,12-13,18H2,1-6H3. The molecule has 2 aromatic carbocycles. The second-order valence-electron chi connectivity index (χ2n) is 9.50. The van der Waals surface area contributed by atoms with Gasteiger partial charge < -0.3 is 23.7 Å². The summed E-state index contributed by atoms with van der Waals surface area (Å²) in [6.45, 7) is 5.96. The van der Waals surface area contributed by atoms with Crippen LogP contribution in [0, 0.1) is 0 Å². The Bertz CT molecular complexity index is 1330. The zero-order valence-electron chi connectivity index (χ0n) is 22.6. The van der Waals surface area contributed by atoms with Crippen LogP contribution < -0.4 is 19.8 Å². The lowest BCUT2D eigenvalue weighted by Gasteiger charge is -2.40. The van der Waals surface area contributed by atoms with Crippen molar-refractivity contribution in [2.24, 2.45) is 0 Å². The Hall–Kier alpha value is -3.52. The highest BCUT2D eigenvalue weighted by Crippen LogP contribution is 2.34. The van der Waals surface area contributed by atoms with Crippen molar-refractivity contribution >= 4 is 16.7 Å². The van der Waals surface area contributed by atoms with Crippen LogP contribution >= 0.6 is 0 Å². The van der Waals surface area contributed by atoms with Crippen molar-refractivity contribution in [3.8, 4) is 17.2 Å². The van der Waals surface area contributed by atoms with Crippen molar-refractivity contribution in [3.05, 3.63) is 64.1 Å². The fourth-order valence-corrected chi connectivity index (χ4v) is 5.25. The Morgan fingerprint density at radius 2 is 1.65 bits per heavy atom. The van der Waals surface area contributed by atoms with Crippen LogP contribution in [-0.2, 0) is 0 Å². The first kappa shape index (κ1) is 26.5. The largest absolute Gasteiger partial charge is 0.497 e. The summed E-state index contributed by atoms with van der Waals surface area (Å²) in [5.41, 5.74) is 1.46. The molecule has 2 heterocycles. The van der Waals surface area contributed by atoms with E-state index in [4.69, 9.17) is 14.2 Å². The molecule has 1 aromatic heterocycles. The number of likely N-dealkylation sites (N-methyl/N-ethyl adjacent to an activating group) is 1. The van der Waals surface area contributed by atoms with Gasteiger partial charge in [-0.25, -0.2) is 0 Å². The number of ether oxygens (including phenoxy) is 3. The van der Waals surface area contributed by atoms with Crippen LogP contribution in [0.2, 0.25) is 0 Å². The molecule has 8 heteroatoms. The van der Waals surface area contributed by atoms with E-state index in [1.54, 1.807) is 44.2 Å². The molecule has 198 valence electrons. The zero-order valence-corrected chi connectivity index (χ0v) is 22.6. The van der Waals surface area contributed by atoms with Gasteiger partial charge in [-0.2, -0.15) is 0 Å². The van der Waals surface area contributed by atoms with E-state index in [1.165, 1.54) is 0 Å². The molecule has 1 aliphatic heterocycles. The molecule has 1 amide bonds. The van der Waals surface area contributed by atoms with Gasteiger partial charge in [0.2, 0.25) is 0 Å². The maximum Gasteiger partial charge on any atom is 0.258 e. The number of pyridine rings is 1. The quantitative estimate of drug-likeness (QED) is 0.447. The first-order valence-corrected chi connectivity index (χ1v) is 12.8. The number of hydrogen-bond acceptors (Lipinski definition) is 6. The maximum absolute atomic E-state index is 14.1. The molecule has 1 atom stereocenters. The number of hydrogen-bond donors (Lipinski definition) is 0. The highest BCUT2D eigenvalue weighted by Gasteiger charge is 2.31. The van der Waals surface area contributed by atoms with Crippen molar-refractivity contribution < 1.29 is 19.0 Å². The number of nitrogens with zero attached hydrogens (tertiary/aromatic N) is 3. The number of carbonyl (C=O) groups excluding carboxylic acids is 1. The second kappa shape index (κ2) is 11.3. The predicted octanol–water partition coefficient (Wildman–Crippen LogP) is 4.52. The van der Waals surface area contributed by atoms with Gasteiger partial charge in [0, 0.05) is 37.3 Å². The third-order valence-electron chi connectivity index (χ3n) is 7.53. The highest BCUT2D eigenvalue weighted by molar-refractivity contribution is 6.07. The van der Waals surface area contributed by atoms with Gasteiger partial charge in [0.05, 0.1) is 38.3 Å². The number of fused-ring (bicyclic) bond motifs is 1. The van der Waals surface area contributed by atoms with Crippen molar-refractivity contribution in [1.82, 2.24) is 14.4 Å². The van der Waals surface area contributed by atoms with E-state index in [0.717, 1.165) is 30.7 Å². The summed E-state index contributed by atoms with van der Waals surface area (Å²) >= 11 is 0. The Balaban J connectivity index is 1.82.